The summed E-state index contributed by atoms with van der Waals surface area (Å²) in [7, 11) is -4.72. The highest BCUT2D eigenvalue weighted by Gasteiger charge is 2.34. The number of hydrogen-bond acceptors (Lipinski definition) is 5. The first-order valence-electron chi connectivity index (χ1n) is 3.80. The highest BCUT2D eigenvalue weighted by molar-refractivity contribution is 7.89. The van der Waals surface area contributed by atoms with Gasteiger partial charge < -0.3 is 0 Å². The van der Waals surface area contributed by atoms with Gasteiger partial charge in [0.2, 0.25) is 15.2 Å². The number of pyridine rings is 1. The summed E-state index contributed by atoms with van der Waals surface area (Å²) in [6.07, 6.45) is -2.86. The minimum absolute atomic E-state index is 0.430. The highest BCUT2D eigenvalue weighted by Crippen LogP contribution is 2.36. The third-order valence-electron chi connectivity index (χ3n) is 1.69. The monoisotopic (exact) mass is 287 g/mol. The predicted molar refractivity (Wildman–Crippen MR) is 52.2 cm³/mol. The van der Waals surface area contributed by atoms with Crippen molar-refractivity contribution in [2.75, 3.05) is 0 Å². The van der Waals surface area contributed by atoms with E-state index in [9.17, 15) is 27.3 Å². The molecular formula is C6H4ClF2N3O4S. The summed E-state index contributed by atoms with van der Waals surface area (Å²) in [5.41, 5.74) is -2.42. The second-order valence-corrected chi connectivity index (χ2v) is 4.64. The van der Waals surface area contributed by atoms with Crippen LogP contribution in [0.2, 0.25) is 5.15 Å². The summed E-state index contributed by atoms with van der Waals surface area (Å²) in [5, 5.41) is 14.4. The molecule has 0 spiro atoms. The summed E-state index contributed by atoms with van der Waals surface area (Å²) in [6.45, 7) is 0. The van der Waals surface area contributed by atoms with E-state index in [1.807, 2.05) is 0 Å². The van der Waals surface area contributed by atoms with E-state index < -0.39 is 42.7 Å². The molecule has 0 saturated heterocycles. The molecule has 0 atom stereocenters. The van der Waals surface area contributed by atoms with E-state index in [0.29, 0.717) is 6.20 Å². The molecule has 7 nitrogen and oxygen atoms in total. The Bertz CT molecular complexity index is 577. The summed E-state index contributed by atoms with van der Waals surface area (Å²) in [6, 6.07) is 0. The normalized spacial score (nSPS) is 11.8. The van der Waals surface area contributed by atoms with Gasteiger partial charge in [-0.25, -0.2) is 27.3 Å². The Morgan fingerprint density at radius 3 is 2.41 bits per heavy atom. The van der Waals surface area contributed by atoms with Gasteiger partial charge in [-0.2, -0.15) is 0 Å². The minimum atomic E-state index is -4.72. The Kier molecular flexibility index (Phi) is 3.59. The first kappa shape index (κ1) is 13.7. The van der Waals surface area contributed by atoms with Crippen LogP contribution in [-0.4, -0.2) is 18.3 Å². The number of nitrogens with two attached hydrogens (primary N) is 1. The predicted octanol–water partition coefficient (Wildman–Crippen LogP) is 1.23. The summed E-state index contributed by atoms with van der Waals surface area (Å²) >= 11 is 5.29. The molecule has 0 aliphatic carbocycles. The van der Waals surface area contributed by atoms with Crippen molar-refractivity contribution >= 4 is 27.3 Å². The zero-order chi connectivity index (χ0) is 13.4. The molecule has 11 heteroatoms. The van der Waals surface area contributed by atoms with Crippen molar-refractivity contribution in [2.24, 2.45) is 5.14 Å². The lowest BCUT2D eigenvalue weighted by Crippen LogP contribution is -2.17. The molecule has 0 saturated carbocycles. The van der Waals surface area contributed by atoms with E-state index >= 15 is 0 Å². The van der Waals surface area contributed by atoms with Gasteiger partial charge in [-0.3, -0.25) is 10.1 Å². The SMILES string of the molecule is NS(=O)(=O)c1c(C(F)F)cnc(Cl)c1[N+](=O)[O-]. The molecule has 0 aliphatic heterocycles. The average molecular weight is 288 g/mol. The van der Waals surface area contributed by atoms with E-state index in [1.165, 1.54) is 0 Å². The summed E-state index contributed by atoms with van der Waals surface area (Å²) in [5.74, 6) is 0. The van der Waals surface area contributed by atoms with Crippen molar-refractivity contribution in [3.05, 3.63) is 27.0 Å². The van der Waals surface area contributed by atoms with Gasteiger partial charge in [0, 0.05) is 6.20 Å². The van der Waals surface area contributed by atoms with Crippen LogP contribution in [0, 0.1) is 10.1 Å². The van der Waals surface area contributed by atoms with E-state index in [1.54, 1.807) is 0 Å². The van der Waals surface area contributed by atoms with Gasteiger partial charge in [0.15, 0.2) is 4.90 Å². The molecule has 1 aromatic rings. The molecule has 0 fully saturated rings. The number of primary sulfonamides is 1. The van der Waals surface area contributed by atoms with Crippen LogP contribution in [0.15, 0.2) is 11.1 Å². The Balaban J connectivity index is 3.82. The molecule has 0 aromatic carbocycles. The first-order chi connectivity index (χ1) is 7.66. The number of alkyl halides is 2. The molecular weight excluding hydrogens is 284 g/mol. The zero-order valence-corrected chi connectivity index (χ0v) is 9.37. The molecule has 17 heavy (non-hydrogen) atoms. The fraction of sp³-hybridized carbons (Fsp3) is 0.167. The zero-order valence-electron chi connectivity index (χ0n) is 7.80. The second-order valence-electron chi connectivity index (χ2n) is 2.78. The fourth-order valence-corrected chi connectivity index (χ4v) is 2.27. The van der Waals surface area contributed by atoms with Gasteiger partial charge in [-0.05, 0) is 0 Å². The topological polar surface area (TPSA) is 116 Å². The number of hydrogen-bond donors (Lipinski definition) is 1. The minimum Gasteiger partial charge on any atom is -0.258 e. The second kappa shape index (κ2) is 4.47. The molecule has 2 N–H and O–H groups in total. The number of halogens is 3. The van der Waals surface area contributed by atoms with Crippen molar-refractivity contribution < 1.29 is 22.1 Å². The number of nitrogens with zero attached hydrogens (tertiary/aromatic N) is 2. The molecule has 1 rings (SSSR count). The maximum absolute atomic E-state index is 12.5. The highest BCUT2D eigenvalue weighted by atomic mass is 35.5. The summed E-state index contributed by atoms with van der Waals surface area (Å²) < 4.78 is 47.2. The van der Waals surface area contributed by atoms with Gasteiger partial charge in [0.25, 0.3) is 6.43 Å². The Morgan fingerprint density at radius 2 is 2.06 bits per heavy atom. The lowest BCUT2D eigenvalue weighted by Gasteiger charge is -2.07. The van der Waals surface area contributed by atoms with Crippen LogP contribution in [0.1, 0.15) is 12.0 Å². The van der Waals surface area contributed by atoms with Crippen LogP contribution in [-0.2, 0) is 10.0 Å². The van der Waals surface area contributed by atoms with Gasteiger partial charge in [0.05, 0.1) is 10.5 Å². The molecule has 0 aliphatic rings. The Morgan fingerprint density at radius 1 is 1.53 bits per heavy atom. The van der Waals surface area contributed by atoms with Crippen molar-refractivity contribution in [1.82, 2.24) is 4.98 Å². The maximum Gasteiger partial charge on any atom is 0.326 e. The molecule has 1 heterocycles. The molecule has 0 amide bonds. The van der Waals surface area contributed by atoms with Gasteiger partial charge in [-0.1, -0.05) is 11.6 Å². The number of sulfonamides is 1. The fourth-order valence-electron chi connectivity index (χ4n) is 1.09. The van der Waals surface area contributed by atoms with Crippen LogP contribution < -0.4 is 5.14 Å². The number of rotatable bonds is 3. The standard InChI is InChI=1S/C6H4ClF2N3O4S/c7-5-3(12(13)14)4(17(10,15)16)2(1-11-5)6(8)9/h1,6H,(H2,10,15,16). The maximum atomic E-state index is 12.5. The molecule has 1 aromatic heterocycles. The van der Waals surface area contributed by atoms with Gasteiger partial charge in [-0.15, -0.1) is 0 Å². The van der Waals surface area contributed by atoms with Crippen molar-refractivity contribution in [1.29, 1.82) is 0 Å². The van der Waals surface area contributed by atoms with Crippen LogP contribution in [0.4, 0.5) is 14.5 Å². The van der Waals surface area contributed by atoms with Gasteiger partial charge >= 0.3 is 5.69 Å². The molecule has 0 radical (unpaired) electrons. The van der Waals surface area contributed by atoms with E-state index in [-0.39, 0.29) is 0 Å². The van der Waals surface area contributed by atoms with Crippen LogP contribution in [0.5, 0.6) is 0 Å². The Labute approximate surface area is 98.4 Å². The summed E-state index contributed by atoms with van der Waals surface area (Å²) in [4.78, 5) is 11.1. The lowest BCUT2D eigenvalue weighted by molar-refractivity contribution is -0.388. The third kappa shape index (κ3) is 2.65. The number of aromatic nitrogens is 1. The lowest BCUT2D eigenvalue weighted by atomic mass is 10.3. The van der Waals surface area contributed by atoms with Crippen LogP contribution in [0.3, 0.4) is 0 Å². The quantitative estimate of drug-likeness (QED) is 0.510. The van der Waals surface area contributed by atoms with Crippen LogP contribution in [0.25, 0.3) is 0 Å². The molecule has 94 valence electrons. The van der Waals surface area contributed by atoms with Crippen molar-refractivity contribution in [3.63, 3.8) is 0 Å². The Hall–Kier alpha value is -1.39. The first-order valence-corrected chi connectivity index (χ1v) is 5.72. The molecule has 0 unspecified atom stereocenters. The van der Waals surface area contributed by atoms with E-state index in [2.05, 4.69) is 10.1 Å². The van der Waals surface area contributed by atoms with Crippen LogP contribution >= 0.6 is 11.6 Å². The largest absolute Gasteiger partial charge is 0.326 e. The third-order valence-corrected chi connectivity index (χ3v) is 2.97. The van der Waals surface area contributed by atoms with Crippen molar-refractivity contribution in [2.45, 2.75) is 11.3 Å². The average Bonchev–Trinajstić information content (AvgIpc) is 2.14. The van der Waals surface area contributed by atoms with E-state index in [0.717, 1.165) is 0 Å². The van der Waals surface area contributed by atoms with Crippen molar-refractivity contribution in [3.8, 4) is 0 Å². The smallest absolute Gasteiger partial charge is 0.258 e. The van der Waals surface area contributed by atoms with E-state index in [4.69, 9.17) is 11.6 Å². The van der Waals surface area contributed by atoms with Gasteiger partial charge in [0.1, 0.15) is 0 Å². The number of nitro groups is 1. The molecule has 0 bridgehead atoms.